The Labute approximate surface area is 245 Å². The average Bonchev–Trinajstić information content (AvgIpc) is 3.30. The highest BCUT2D eigenvalue weighted by Crippen LogP contribution is 2.33. The number of likely N-dealkylation sites (tertiary alicyclic amines) is 2. The lowest BCUT2D eigenvalue weighted by Crippen LogP contribution is -2.50. The number of nitriles is 1. The summed E-state index contributed by atoms with van der Waals surface area (Å²) in [5, 5.41) is 31.7. The predicted octanol–water partition coefficient (Wildman–Crippen LogP) is 1.69. The average molecular weight is 610 g/mol. The molecule has 2 aliphatic rings. The van der Waals surface area contributed by atoms with Gasteiger partial charge in [-0.25, -0.2) is 22.0 Å². The van der Waals surface area contributed by atoms with Gasteiger partial charge in [-0.15, -0.1) is 0 Å². The van der Waals surface area contributed by atoms with Crippen LogP contribution in [0.4, 0.5) is 13.6 Å². The molecule has 2 saturated heterocycles. The van der Waals surface area contributed by atoms with E-state index in [1.54, 1.807) is 13.8 Å². The molecule has 2 aliphatic heterocycles. The molecule has 0 aromatic heterocycles. The maximum Gasteiger partial charge on any atom is 0.475 e. The Bertz CT molecular complexity index is 1320. The number of halogens is 2. The first-order valence-electron chi connectivity index (χ1n) is 13.7. The number of hydrogen-bond acceptors (Lipinski definition) is 9. The second-order valence-corrected chi connectivity index (χ2v) is 13.4. The van der Waals surface area contributed by atoms with Gasteiger partial charge >= 0.3 is 13.2 Å². The molecule has 0 aliphatic carbocycles. The molecule has 2 heterocycles. The molecule has 3 N–H and O–H groups in total. The van der Waals surface area contributed by atoms with Gasteiger partial charge in [0.05, 0.1) is 23.4 Å². The number of carbonyl (C=O) groups is 2. The number of alkyl halides is 2. The molecular weight excluding hydrogens is 573 g/mol. The normalized spacial score (nSPS) is 20.5. The number of amides is 2. The molecule has 0 saturated carbocycles. The third kappa shape index (κ3) is 8.97. The fraction of sp³-hybridized carbons (Fsp3) is 0.593. The minimum absolute atomic E-state index is 0.0279. The maximum atomic E-state index is 13.8. The van der Waals surface area contributed by atoms with Crippen molar-refractivity contribution < 1.29 is 41.6 Å². The highest BCUT2D eigenvalue weighted by Gasteiger charge is 2.43. The van der Waals surface area contributed by atoms with Crippen LogP contribution in [0.3, 0.4) is 0 Å². The number of hydrogen-bond donors (Lipinski definition) is 3. The summed E-state index contributed by atoms with van der Waals surface area (Å²) in [5.74, 6) is -4.57. The van der Waals surface area contributed by atoms with Gasteiger partial charge in [-0.2, -0.15) is 5.26 Å². The molecule has 0 radical (unpaired) electrons. The van der Waals surface area contributed by atoms with Gasteiger partial charge < -0.3 is 25.0 Å². The first-order chi connectivity index (χ1) is 19.5. The Hall–Kier alpha value is -3.06. The van der Waals surface area contributed by atoms with Crippen molar-refractivity contribution in [2.45, 2.75) is 74.3 Å². The second kappa shape index (κ2) is 13.5. The zero-order chi connectivity index (χ0) is 31.3. The lowest BCUT2D eigenvalue weighted by molar-refractivity contribution is -0.131. The van der Waals surface area contributed by atoms with Crippen molar-refractivity contribution in [3.05, 3.63) is 41.5 Å². The van der Waals surface area contributed by atoms with Gasteiger partial charge in [0, 0.05) is 31.3 Å². The zero-order valence-electron chi connectivity index (χ0n) is 23.9. The smallest absolute Gasteiger partial charge is 0.447 e. The topological polar surface area (TPSA) is 160 Å². The number of carbonyl (C=O) groups excluding carboxylic acids is 2. The molecule has 230 valence electrons. The highest BCUT2D eigenvalue weighted by molar-refractivity contribution is 7.90. The first kappa shape index (κ1) is 33.4. The van der Waals surface area contributed by atoms with Crippen LogP contribution in [0.5, 0.6) is 0 Å². The summed E-state index contributed by atoms with van der Waals surface area (Å²) in [4.78, 5) is 29.0. The van der Waals surface area contributed by atoms with Crippen molar-refractivity contribution in [2.24, 2.45) is 0 Å². The predicted molar refractivity (Wildman–Crippen MR) is 150 cm³/mol. The van der Waals surface area contributed by atoms with Crippen LogP contribution in [0.25, 0.3) is 0 Å². The van der Waals surface area contributed by atoms with Crippen LogP contribution in [0, 0.1) is 11.3 Å². The van der Waals surface area contributed by atoms with Gasteiger partial charge in [0.25, 0.3) is 11.8 Å². The molecule has 0 bridgehead atoms. The lowest BCUT2D eigenvalue weighted by atomic mass is 9.76. The van der Waals surface area contributed by atoms with E-state index in [1.165, 1.54) is 40.1 Å². The van der Waals surface area contributed by atoms with Crippen LogP contribution < -0.4 is 5.32 Å². The molecule has 11 nitrogen and oxygen atoms in total. The summed E-state index contributed by atoms with van der Waals surface area (Å²) in [6, 6.07) is 7.12. The van der Waals surface area contributed by atoms with Crippen molar-refractivity contribution in [3.8, 4) is 6.07 Å². The highest BCUT2D eigenvalue weighted by atomic mass is 32.2. The van der Waals surface area contributed by atoms with E-state index in [9.17, 15) is 42.1 Å². The monoisotopic (exact) mass is 610 g/mol. The molecule has 2 atom stereocenters. The van der Waals surface area contributed by atoms with Crippen LogP contribution in [-0.2, 0) is 25.8 Å². The Kier molecular flexibility index (Phi) is 10.7. The summed E-state index contributed by atoms with van der Waals surface area (Å²) >= 11 is 0. The quantitative estimate of drug-likeness (QED) is 0.204. The number of alkyl carbamates (subject to hydrolysis) is 1. The van der Waals surface area contributed by atoms with Gasteiger partial charge in [0.1, 0.15) is 18.2 Å². The van der Waals surface area contributed by atoms with E-state index in [1.807, 2.05) is 6.07 Å². The third-order valence-corrected chi connectivity index (χ3v) is 8.73. The van der Waals surface area contributed by atoms with Gasteiger partial charge in [0.2, 0.25) is 0 Å². The molecule has 0 spiro atoms. The van der Waals surface area contributed by atoms with E-state index in [0.29, 0.717) is 24.9 Å². The third-order valence-electron chi connectivity index (χ3n) is 7.60. The summed E-state index contributed by atoms with van der Waals surface area (Å²) in [6.07, 6.45) is 3.12. The molecule has 2 fully saturated rings. The zero-order valence-corrected chi connectivity index (χ0v) is 24.7. The number of rotatable bonds is 10. The second-order valence-electron chi connectivity index (χ2n) is 11.4. The van der Waals surface area contributed by atoms with E-state index in [-0.39, 0.29) is 36.5 Å². The molecule has 2 amide bonds. The van der Waals surface area contributed by atoms with Crippen LogP contribution in [0.1, 0.15) is 45.1 Å². The van der Waals surface area contributed by atoms with E-state index in [0.717, 1.165) is 12.7 Å². The Balaban J connectivity index is 1.63. The fourth-order valence-corrected chi connectivity index (χ4v) is 5.76. The SMILES string of the molecule is CC(C)(C=C(C#N)C(=O)N1CCCC[C@@H]1COC(=O)N[C@@H](Cc1ccc(S(C)(=O)=O)cc1)B(O)O)N1CCC(F)(F)C1. The van der Waals surface area contributed by atoms with Gasteiger partial charge in [-0.3, -0.25) is 9.69 Å². The lowest BCUT2D eigenvalue weighted by Gasteiger charge is -2.36. The molecule has 42 heavy (non-hydrogen) atoms. The molecule has 3 rings (SSSR count). The standard InChI is InChI=1S/C27H37BF2N4O7S/c1-26(2,33-13-11-27(29,30)18-33)15-20(16-31)24(35)34-12-5-4-6-21(34)17-41-25(36)32-23(28(37)38)14-19-7-9-22(10-8-19)42(3,39)40/h7-10,15,21,23,37-38H,4-6,11-14,17-18H2,1-3H3,(H,32,36)/t21-,23+/m1/s1. The number of nitrogens with one attached hydrogen (secondary N) is 1. The van der Waals surface area contributed by atoms with Crippen molar-refractivity contribution in [2.75, 3.05) is 32.5 Å². The summed E-state index contributed by atoms with van der Waals surface area (Å²) < 4.78 is 56.2. The van der Waals surface area contributed by atoms with Crippen molar-refractivity contribution >= 4 is 29.0 Å². The van der Waals surface area contributed by atoms with Crippen LogP contribution in [0.2, 0.25) is 0 Å². The number of ether oxygens (including phenoxy) is 1. The van der Waals surface area contributed by atoms with Gasteiger partial charge in [-0.05, 0) is 63.3 Å². The van der Waals surface area contributed by atoms with E-state index in [4.69, 9.17) is 4.74 Å². The van der Waals surface area contributed by atoms with Gasteiger partial charge in [-0.1, -0.05) is 12.1 Å². The fourth-order valence-electron chi connectivity index (χ4n) is 5.13. The number of piperidine rings is 1. The van der Waals surface area contributed by atoms with E-state index < -0.39 is 58.9 Å². The Morgan fingerprint density at radius 3 is 2.48 bits per heavy atom. The molecule has 0 unspecified atom stereocenters. The molecular formula is C27H37BF2N4O7S. The Morgan fingerprint density at radius 1 is 1.26 bits per heavy atom. The largest absolute Gasteiger partial charge is 0.475 e. The molecule has 1 aromatic rings. The number of benzene rings is 1. The molecule has 15 heteroatoms. The summed E-state index contributed by atoms with van der Waals surface area (Å²) in [5.41, 5.74) is -0.605. The Morgan fingerprint density at radius 2 is 1.93 bits per heavy atom. The number of nitrogens with zero attached hydrogens (tertiary/aromatic N) is 3. The minimum atomic E-state index is -3.40. The summed E-state index contributed by atoms with van der Waals surface area (Å²) in [7, 11) is -5.35. The van der Waals surface area contributed by atoms with Crippen molar-refractivity contribution in [1.29, 1.82) is 5.26 Å². The first-order valence-corrected chi connectivity index (χ1v) is 15.6. The minimum Gasteiger partial charge on any atom is -0.447 e. The maximum absolute atomic E-state index is 13.8. The van der Waals surface area contributed by atoms with Gasteiger partial charge in [0.15, 0.2) is 9.84 Å². The molecule has 1 aromatic carbocycles. The van der Waals surface area contributed by atoms with Crippen molar-refractivity contribution in [1.82, 2.24) is 15.1 Å². The van der Waals surface area contributed by atoms with E-state index in [2.05, 4.69) is 5.32 Å². The number of sulfone groups is 1. The van der Waals surface area contributed by atoms with Crippen LogP contribution >= 0.6 is 0 Å². The van der Waals surface area contributed by atoms with Crippen LogP contribution in [0.15, 0.2) is 40.8 Å². The van der Waals surface area contributed by atoms with E-state index >= 15 is 0 Å². The van der Waals surface area contributed by atoms with Crippen molar-refractivity contribution in [3.63, 3.8) is 0 Å². The summed E-state index contributed by atoms with van der Waals surface area (Å²) in [6.45, 7) is 3.12. The van der Waals surface area contributed by atoms with Crippen LogP contribution in [-0.4, -0.2) is 103 Å².